The Labute approximate surface area is 123 Å². The Balaban J connectivity index is 2.03. The van der Waals surface area contributed by atoms with Gasteiger partial charge in [0, 0.05) is 12.1 Å². The molecule has 0 aliphatic rings. The second-order valence-corrected chi connectivity index (χ2v) is 4.92. The number of hydrogen-bond donors (Lipinski definition) is 1. The molecule has 0 heterocycles. The van der Waals surface area contributed by atoms with Crippen LogP contribution in [0.15, 0.2) is 42.5 Å². The smallest absolute Gasteiger partial charge is 0.162 e. The van der Waals surface area contributed by atoms with E-state index >= 15 is 0 Å². The molecule has 2 aromatic rings. The molecule has 2 rings (SSSR count). The van der Waals surface area contributed by atoms with Gasteiger partial charge in [0.15, 0.2) is 11.6 Å². The van der Waals surface area contributed by atoms with Crippen LogP contribution in [0.1, 0.15) is 31.9 Å². The molecule has 0 spiro atoms. The van der Waals surface area contributed by atoms with Crippen LogP contribution in [0.4, 0.5) is 8.78 Å². The van der Waals surface area contributed by atoms with Gasteiger partial charge in [0.1, 0.15) is 11.5 Å². The molecule has 0 aliphatic heterocycles. The van der Waals surface area contributed by atoms with Crippen molar-refractivity contribution in [3.8, 4) is 11.5 Å². The molecule has 112 valence electrons. The number of hydrogen-bond acceptors (Lipinski definition) is 2. The maximum absolute atomic E-state index is 13.1. The van der Waals surface area contributed by atoms with Crippen LogP contribution in [0.5, 0.6) is 11.5 Å². The van der Waals surface area contributed by atoms with Crippen LogP contribution in [0.3, 0.4) is 0 Å². The monoisotopic (exact) mass is 291 g/mol. The predicted molar refractivity (Wildman–Crippen MR) is 79.6 cm³/mol. The van der Waals surface area contributed by atoms with Gasteiger partial charge in [-0.3, -0.25) is 0 Å². The summed E-state index contributed by atoms with van der Waals surface area (Å²) < 4.78 is 31.5. The van der Waals surface area contributed by atoms with Gasteiger partial charge in [0.25, 0.3) is 0 Å². The second kappa shape index (κ2) is 7.18. The first kappa shape index (κ1) is 15.4. The molecule has 1 atom stereocenters. The van der Waals surface area contributed by atoms with Crippen molar-refractivity contribution in [1.29, 1.82) is 0 Å². The van der Waals surface area contributed by atoms with Crippen molar-refractivity contribution in [2.75, 3.05) is 6.54 Å². The number of benzene rings is 2. The van der Waals surface area contributed by atoms with Gasteiger partial charge >= 0.3 is 0 Å². The summed E-state index contributed by atoms with van der Waals surface area (Å²) in [5, 5.41) is 3.40. The van der Waals surface area contributed by atoms with Gasteiger partial charge in [-0.2, -0.15) is 0 Å². The lowest BCUT2D eigenvalue weighted by Gasteiger charge is -2.14. The van der Waals surface area contributed by atoms with E-state index in [-0.39, 0.29) is 11.8 Å². The molecular formula is C17H19F2NO. The minimum absolute atomic E-state index is 0.266. The molecule has 0 amide bonds. The lowest BCUT2D eigenvalue weighted by Crippen LogP contribution is -2.19. The summed E-state index contributed by atoms with van der Waals surface area (Å²) in [6.45, 7) is 5.19. The molecule has 0 aliphatic carbocycles. The largest absolute Gasteiger partial charge is 0.457 e. The van der Waals surface area contributed by atoms with Crippen molar-refractivity contribution < 1.29 is 13.5 Å². The Morgan fingerprint density at radius 3 is 2.29 bits per heavy atom. The van der Waals surface area contributed by atoms with Gasteiger partial charge < -0.3 is 10.1 Å². The van der Waals surface area contributed by atoms with E-state index in [0.717, 1.165) is 30.7 Å². The first-order valence-electron chi connectivity index (χ1n) is 7.06. The number of ether oxygens (including phenoxy) is 1. The summed E-state index contributed by atoms with van der Waals surface area (Å²) >= 11 is 0. The van der Waals surface area contributed by atoms with Crippen LogP contribution in [-0.4, -0.2) is 6.54 Å². The lowest BCUT2D eigenvalue weighted by molar-refractivity contribution is 0.461. The number of rotatable bonds is 6. The van der Waals surface area contributed by atoms with E-state index in [1.807, 2.05) is 24.3 Å². The normalized spacial score (nSPS) is 12.2. The van der Waals surface area contributed by atoms with E-state index in [1.165, 1.54) is 6.07 Å². The minimum atomic E-state index is -0.915. The van der Waals surface area contributed by atoms with Crippen LogP contribution in [0.25, 0.3) is 0 Å². The minimum Gasteiger partial charge on any atom is -0.457 e. The fourth-order valence-corrected chi connectivity index (χ4v) is 1.98. The van der Waals surface area contributed by atoms with Gasteiger partial charge in [-0.1, -0.05) is 19.1 Å². The van der Waals surface area contributed by atoms with Crippen molar-refractivity contribution in [3.63, 3.8) is 0 Å². The summed E-state index contributed by atoms with van der Waals surface area (Å²) in [6, 6.07) is 11.3. The van der Waals surface area contributed by atoms with E-state index < -0.39 is 11.6 Å². The summed E-state index contributed by atoms with van der Waals surface area (Å²) in [7, 11) is 0. The van der Waals surface area contributed by atoms with E-state index in [2.05, 4.69) is 19.2 Å². The van der Waals surface area contributed by atoms with Crippen LogP contribution < -0.4 is 10.1 Å². The Morgan fingerprint density at radius 2 is 1.67 bits per heavy atom. The van der Waals surface area contributed by atoms with Crippen LogP contribution in [0, 0.1) is 11.6 Å². The van der Waals surface area contributed by atoms with E-state index in [9.17, 15) is 8.78 Å². The van der Waals surface area contributed by atoms with Crippen molar-refractivity contribution in [1.82, 2.24) is 5.32 Å². The zero-order valence-electron chi connectivity index (χ0n) is 12.2. The highest BCUT2D eigenvalue weighted by atomic mass is 19.2. The molecule has 2 nitrogen and oxygen atoms in total. The van der Waals surface area contributed by atoms with E-state index in [1.54, 1.807) is 0 Å². The summed E-state index contributed by atoms with van der Waals surface area (Å²) in [5.74, 6) is -0.929. The fourth-order valence-electron chi connectivity index (χ4n) is 1.98. The van der Waals surface area contributed by atoms with E-state index in [0.29, 0.717) is 5.75 Å². The molecule has 0 radical (unpaired) electrons. The van der Waals surface area contributed by atoms with Crippen LogP contribution in [0.2, 0.25) is 0 Å². The molecule has 0 saturated heterocycles. The lowest BCUT2D eigenvalue weighted by atomic mass is 10.1. The highest BCUT2D eigenvalue weighted by molar-refractivity contribution is 5.34. The number of halogens is 2. The average Bonchev–Trinajstić information content (AvgIpc) is 2.49. The van der Waals surface area contributed by atoms with Gasteiger partial charge in [-0.25, -0.2) is 8.78 Å². The molecular weight excluding hydrogens is 272 g/mol. The Bertz CT molecular complexity index is 584. The molecule has 2 aromatic carbocycles. The van der Waals surface area contributed by atoms with Gasteiger partial charge in [-0.15, -0.1) is 0 Å². The highest BCUT2D eigenvalue weighted by Gasteiger charge is 2.06. The van der Waals surface area contributed by atoms with Crippen molar-refractivity contribution in [2.45, 2.75) is 26.3 Å². The first-order chi connectivity index (χ1) is 10.1. The average molecular weight is 291 g/mol. The molecule has 0 fully saturated rings. The van der Waals surface area contributed by atoms with Crippen molar-refractivity contribution in [3.05, 3.63) is 59.7 Å². The maximum atomic E-state index is 13.1. The highest BCUT2D eigenvalue weighted by Crippen LogP contribution is 2.24. The predicted octanol–water partition coefficient (Wildman–Crippen LogP) is 4.82. The molecule has 1 unspecified atom stereocenters. The molecule has 1 N–H and O–H groups in total. The standard InChI is InChI=1S/C17H19F2NO/c1-3-10-20-12(2)13-4-6-14(7-5-13)21-15-8-9-16(18)17(19)11-15/h4-9,11-12,20H,3,10H2,1-2H3. The van der Waals surface area contributed by atoms with Gasteiger partial charge in [0.05, 0.1) is 0 Å². The summed E-state index contributed by atoms with van der Waals surface area (Å²) in [6.07, 6.45) is 1.08. The molecule has 0 bridgehead atoms. The van der Waals surface area contributed by atoms with E-state index in [4.69, 9.17) is 4.74 Å². The zero-order valence-corrected chi connectivity index (χ0v) is 12.2. The number of nitrogens with one attached hydrogen (secondary N) is 1. The fraction of sp³-hybridized carbons (Fsp3) is 0.294. The third kappa shape index (κ3) is 4.26. The maximum Gasteiger partial charge on any atom is 0.162 e. The van der Waals surface area contributed by atoms with Gasteiger partial charge in [-0.05, 0) is 49.7 Å². The molecule has 21 heavy (non-hydrogen) atoms. The molecule has 0 aromatic heterocycles. The first-order valence-corrected chi connectivity index (χ1v) is 7.06. The SMILES string of the molecule is CCCNC(C)c1ccc(Oc2ccc(F)c(F)c2)cc1. The topological polar surface area (TPSA) is 21.3 Å². The quantitative estimate of drug-likeness (QED) is 0.824. The van der Waals surface area contributed by atoms with Crippen molar-refractivity contribution >= 4 is 0 Å². The molecule has 0 saturated carbocycles. The summed E-state index contributed by atoms with van der Waals surface area (Å²) in [5.41, 5.74) is 1.15. The molecule has 4 heteroatoms. The Kier molecular flexibility index (Phi) is 5.28. The van der Waals surface area contributed by atoms with Crippen molar-refractivity contribution in [2.24, 2.45) is 0 Å². The van der Waals surface area contributed by atoms with Crippen LogP contribution >= 0.6 is 0 Å². The Morgan fingerprint density at radius 1 is 1.00 bits per heavy atom. The Hall–Kier alpha value is -1.94. The summed E-state index contributed by atoms with van der Waals surface area (Å²) in [4.78, 5) is 0. The van der Waals surface area contributed by atoms with Crippen LogP contribution in [-0.2, 0) is 0 Å². The zero-order chi connectivity index (χ0) is 15.2. The van der Waals surface area contributed by atoms with Gasteiger partial charge in [0.2, 0.25) is 0 Å². The second-order valence-electron chi connectivity index (χ2n) is 4.92. The third-order valence-electron chi connectivity index (χ3n) is 3.21. The third-order valence-corrected chi connectivity index (χ3v) is 3.21.